The SMILES string of the molecule is CCC(O)(CC)CNc1cc(Br)ccc1F. The summed E-state index contributed by atoms with van der Waals surface area (Å²) in [7, 11) is 0. The molecule has 1 aromatic rings. The molecule has 16 heavy (non-hydrogen) atoms. The molecular formula is C12H17BrFNO. The maximum Gasteiger partial charge on any atom is 0.146 e. The van der Waals surface area contributed by atoms with Crippen molar-refractivity contribution in [3.63, 3.8) is 0 Å². The summed E-state index contributed by atoms with van der Waals surface area (Å²) in [5.41, 5.74) is -0.357. The summed E-state index contributed by atoms with van der Waals surface area (Å²) in [6, 6.07) is 4.71. The second-order valence-electron chi connectivity index (χ2n) is 3.91. The monoisotopic (exact) mass is 289 g/mol. The first-order valence-electron chi connectivity index (χ1n) is 5.42. The van der Waals surface area contributed by atoms with E-state index >= 15 is 0 Å². The Morgan fingerprint density at radius 1 is 1.38 bits per heavy atom. The molecule has 0 aliphatic heterocycles. The van der Waals surface area contributed by atoms with Gasteiger partial charge >= 0.3 is 0 Å². The first-order valence-corrected chi connectivity index (χ1v) is 6.21. The van der Waals surface area contributed by atoms with E-state index < -0.39 is 5.60 Å². The van der Waals surface area contributed by atoms with Crippen molar-refractivity contribution >= 4 is 21.6 Å². The van der Waals surface area contributed by atoms with Crippen LogP contribution in [-0.2, 0) is 0 Å². The van der Waals surface area contributed by atoms with Crippen LogP contribution in [-0.4, -0.2) is 17.3 Å². The van der Waals surface area contributed by atoms with E-state index in [4.69, 9.17) is 0 Å². The van der Waals surface area contributed by atoms with Crippen molar-refractivity contribution < 1.29 is 9.50 Å². The molecule has 2 N–H and O–H groups in total. The zero-order valence-corrected chi connectivity index (χ0v) is 11.1. The highest BCUT2D eigenvalue weighted by Crippen LogP contribution is 2.22. The van der Waals surface area contributed by atoms with E-state index in [1.165, 1.54) is 6.07 Å². The number of benzene rings is 1. The van der Waals surface area contributed by atoms with Crippen molar-refractivity contribution in [2.45, 2.75) is 32.3 Å². The van der Waals surface area contributed by atoms with Crippen molar-refractivity contribution in [3.05, 3.63) is 28.5 Å². The van der Waals surface area contributed by atoms with Crippen molar-refractivity contribution in [2.24, 2.45) is 0 Å². The Kier molecular flexibility index (Phi) is 4.74. The van der Waals surface area contributed by atoms with E-state index in [-0.39, 0.29) is 5.82 Å². The van der Waals surface area contributed by atoms with Crippen LogP contribution in [0.15, 0.2) is 22.7 Å². The molecule has 0 amide bonds. The van der Waals surface area contributed by atoms with Crippen LogP contribution in [0.4, 0.5) is 10.1 Å². The summed E-state index contributed by atoms with van der Waals surface area (Å²) in [6.07, 6.45) is 1.29. The van der Waals surface area contributed by atoms with Crippen LogP contribution in [0.2, 0.25) is 0 Å². The Hall–Kier alpha value is -0.610. The number of hydrogen-bond donors (Lipinski definition) is 2. The second-order valence-corrected chi connectivity index (χ2v) is 4.82. The minimum atomic E-state index is -0.769. The molecule has 0 atom stereocenters. The molecule has 1 rings (SSSR count). The van der Waals surface area contributed by atoms with Gasteiger partial charge < -0.3 is 10.4 Å². The fourth-order valence-electron chi connectivity index (χ4n) is 1.39. The molecule has 2 nitrogen and oxygen atoms in total. The molecule has 0 radical (unpaired) electrons. The molecule has 0 aliphatic carbocycles. The molecule has 0 unspecified atom stereocenters. The molecule has 4 heteroatoms. The molecule has 90 valence electrons. The highest BCUT2D eigenvalue weighted by Gasteiger charge is 2.22. The predicted octanol–water partition coefficient (Wildman–Crippen LogP) is 3.55. The molecule has 0 aliphatic rings. The van der Waals surface area contributed by atoms with Crippen LogP contribution in [0.25, 0.3) is 0 Å². The van der Waals surface area contributed by atoms with E-state index in [2.05, 4.69) is 21.2 Å². The van der Waals surface area contributed by atoms with Crippen LogP contribution in [0, 0.1) is 5.82 Å². The Morgan fingerprint density at radius 2 is 2.00 bits per heavy atom. The van der Waals surface area contributed by atoms with Crippen LogP contribution in [0.1, 0.15) is 26.7 Å². The van der Waals surface area contributed by atoms with Gasteiger partial charge in [-0.1, -0.05) is 29.8 Å². The maximum absolute atomic E-state index is 13.4. The third-order valence-electron chi connectivity index (χ3n) is 2.85. The lowest BCUT2D eigenvalue weighted by Gasteiger charge is -2.26. The molecule has 0 saturated carbocycles. The summed E-state index contributed by atoms with van der Waals surface area (Å²) in [6.45, 7) is 4.19. The van der Waals surface area contributed by atoms with Crippen molar-refractivity contribution in [1.29, 1.82) is 0 Å². The predicted molar refractivity (Wildman–Crippen MR) is 68.1 cm³/mol. The summed E-state index contributed by atoms with van der Waals surface area (Å²) >= 11 is 3.28. The average Bonchev–Trinajstić information content (AvgIpc) is 2.30. The van der Waals surface area contributed by atoms with Gasteiger partial charge in [-0.15, -0.1) is 0 Å². The van der Waals surface area contributed by atoms with Gasteiger partial charge in [-0.05, 0) is 31.0 Å². The maximum atomic E-state index is 13.4. The smallest absolute Gasteiger partial charge is 0.146 e. The molecule has 0 fully saturated rings. The molecule has 0 heterocycles. The van der Waals surface area contributed by atoms with Crippen molar-refractivity contribution in [2.75, 3.05) is 11.9 Å². The standard InChI is InChI=1S/C12H17BrFNO/c1-3-12(16,4-2)8-15-11-7-9(13)5-6-10(11)14/h5-7,15-16H,3-4,8H2,1-2H3. The number of aliphatic hydroxyl groups is 1. The van der Waals surface area contributed by atoms with Gasteiger partial charge in [0.1, 0.15) is 5.82 Å². The van der Waals surface area contributed by atoms with Gasteiger partial charge in [0.2, 0.25) is 0 Å². The molecule has 1 aromatic carbocycles. The number of hydrogen-bond acceptors (Lipinski definition) is 2. The fraction of sp³-hybridized carbons (Fsp3) is 0.500. The van der Waals surface area contributed by atoms with Crippen LogP contribution in [0.5, 0.6) is 0 Å². The van der Waals surface area contributed by atoms with Gasteiger partial charge in [0.15, 0.2) is 0 Å². The normalized spacial score (nSPS) is 11.6. The number of nitrogens with one attached hydrogen (secondary N) is 1. The highest BCUT2D eigenvalue weighted by molar-refractivity contribution is 9.10. The molecule has 0 bridgehead atoms. The third-order valence-corrected chi connectivity index (χ3v) is 3.35. The van der Waals surface area contributed by atoms with E-state index in [0.717, 1.165) is 4.47 Å². The number of halogens is 2. The lowest BCUT2D eigenvalue weighted by molar-refractivity contribution is 0.0456. The zero-order valence-electron chi connectivity index (χ0n) is 9.56. The van der Waals surface area contributed by atoms with Gasteiger partial charge in [-0.2, -0.15) is 0 Å². The Morgan fingerprint density at radius 3 is 2.56 bits per heavy atom. The van der Waals surface area contributed by atoms with Gasteiger partial charge in [-0.25, -0.2) is 4.39 Å². The average molecular weight is 290 g/mol. The van der Waals surface area contributed by atoms with Gasteiger partial charge in [-0.3, -0.25) is 0 Å². The van der Waals surface area contributed by atoms with E-state index in [9.17, 15) is 9.50 Å². The molecular weight excluding hydrogens is 273 g/mol. The van der Waals surface area contributed by atoms with Gasteiger partial charge in [0.25, 0.3) is 0 Å². The lowest BCUT2D eigenvalue weighted by Crippen LogP contribution is -2.35. The number of rotatable bonds is 5. The molecule has 0 aromatic heterocycles. The molecule has 0 saturated heterocycles. The highest BCUT2D eigenvalue weighted by atomic mass is 79.9. The first kappa shape index (κ1) is 13.5. The van der Waals surface area contributed by atoms with Gasteiger partial charge in [0, 0.05) is 11.0 Å². The third kappa shape index (κ3) is 3.46. The minimum Gasteiger partial charge on any atom is -0.388 e. The summed E-state index contributed by atoms with van der Waals surface area (Å²) in [5.74, 6) is -0.308. The van der Waals surface area contributed by atoms with Gasteiger partial charge in [0.05, 0.1) is 11.3 Å². The van der Waals surface area contributed by atoms with Crippen molar-refractivity contribution in [3.8, 4) is 0 Å². The minimum absolute atomic E-state index is 0.308. The summed E-state index contributed by atoms with van der Waals surface area (Å²) < 4.78 is 14.2. The Balaban J connectivity index is 2.70. The fourth-order valence-corrected chi connectivity index (χ4v) is 1.75. The lowest BCUT2D eigenvalue weighted by atomic mass is 9.97. The van der Waals surface area contributed by atoms with Crippen LogP contribution in [0.3, 0.4) is 0 Å². The van der Waals surface area contributed by atoms with Crippen LogP contribution < -0.4 is 5.32 Å². The zero-order chi connectivity index (χ0) is 12.2. The largest absolute Gasteiger partial charge is 0.388 e. The Labute approximate surface area is 104 Å². The van der Waals surface area contributed by atoms with Crippen LogP contribution >= 0.6 is 15.9 Å². The van der Waals surface area contributed by atoms with E-state index in [0.29, 0.717) is 25.1 Å². The summed E-state index contributed by atoms with van der Waals surface area (Å²) in [4.78, 5) is 0. The van der Waals surface area contributed by atoms with Crippen molar-refractivity contribution in [1.82, 2.24) is 0 Å². The van der Waals surface area contributed by atoms with E-state index in [1.54, 1.807) is 12.1 Å². The first-order chi connectivity index (χ1) is 7.50. The Bertz CT molecular complexity index is 353. The summed E-state index contributed by atoms with van der Waals surface area (Å²) in [5, 5.41) is 13.0. The molecule has 0 spiro atoms. The van der Waals surface area contributed by atoms with E-state index in [1.807, 2.05) is 13.8 Å². The topological polar surface area (TPSA) is 32.3 Å². The number of anilines is 1. The quantitative estimate of drug-likeness (QED) is 0.869. The second kappa shape index (κ2) is 5.64.